The molecule has 0 aromatic heterocycles. The fourth-order valence-electron chi connectivity index (χ4n) is 4.31. The number of esters is 1. The van der Waals surface area contributed by atoms with Gasteiger partial charge in [0.05, 0.1) is 11.0 Å². The lowest BCUT2D eigenvalue weighted by Crippen LogP contribution is -2.40. The van der Waals surface area contributed by atoms with Crippen molar-refractivity contribution in [3.8, 4) is 0 Å². The van der Waals surface area contributed by atoms with Crippen LogP contribution in [0.5, 0.6) is 0 Å². The van der Waals surface area contributed by atoms with Gasteiger partial charge in [-0.3, -0.25) is 24.7 Å². The summed E-state index contributed by atoms with van der Waals surface area (Å²) in [6, 6.07) is 6.28. The molecule has 29 heavy (non-hydrogen) atoms. The van der Waals surface area contributed by atoms with Crippen molar-refractivity contribution in [1.29, 1.82) is 0 Å². The van der Waals surface area contributed by atoms with E-state index < -0.39 is 22.7 Å². The van der Waals surface area contributed by atoms with Crippen LogP contribution in [0.2, 0.25) is 0 Å². The Morgan fingerprint density at radius 1 is 1.28 bits per heavy atom. The van der Waals surface area contributed by atoms with Crippen molar-refractivity contribution in [3.05, 3.63) is 51.2 Å². The molecule has 1 unspecified atom stereocenters. The summed E-state index contributed by atoms with van der Waals surface area (Å²) < 4.78 is 5.44. The van der Waals surface area contributed by atoms with Crippen molar-refractivity contribution >= 4 is 23.2 Å². The smallest absolute Gasteiger partial charge is 0.315 e. The highest BCUT2D eigenvalue weighted by molar-refractivity contribution is 6.09. The first kappa shape index (κ1) is 20.9. The van der Waals surface area contributed by atoms with Gasteiger partial charge in [-0.2, -0.15) is 0 Å². The number of hydrogen-bond donors (Lipinski definition) is 0. The van der Waals surface area contributed by atoms with Crippen LogP contribution in [0.25, 0.3) is 0 Å². The lowest BCUT2D eigenvalue weighted by molar-refractivity contribution is -0.385. The van der Waals surface area contributed by atoms with Crippen LogP contribution in [0.1, 0.15) is 58.9 Å². The van der Waals surface area contributed by atoms with Gasteiger partial charge in [-0.1, -0.05) is 32.0 Å². The molecule has 0 saturated heterocycles. The third-order valence-electron chi connectivity index (χ3n) is 5.38. The van der Waals surface area contributed by atoms with E-state index in [1.165, 1.54) is 6.07 Å². The molecule has 0 bridgehead atoms. The first-order valence-electron chi connectivity index (χ1n) is 9.77. The number of nitro benzene ring substituents is 1. The van der Waals surface area contributed by atoms with E-state index in [4.69, 9.17) is 4.74 Å². The summed E-state index contributed by atoms with van der Waals surface area (Å²) in [4.78, 5) is 42.0. The van der Waals surface area contributed by atoms with Crippen LogP contribution in [-0.2, 0) is 14.3 Å². The number of rotatable bonds is 4. The quantitative estimate of drug-likeness (QED) is 0.426. The van der Waals surface area contributed by atoms with Crippen LogP contribution in [-0.4, -0.2) is 28.5 Å². The summed E-state index contributed by atoms with van der Waals surface area (Å²) in [7, 11) is 0. The second kappa shape index (κ2) is 7.54. The predicted octanol–water partition coefficient (Wildman–Crippen LogP) is 4.36. The van der Waals surface area contributed by atoms with Crippen molar-refractivity contribution in [1.82, 2.24) is 0 Å². The number of para-hydroxylation sites is 1. The van der Waals surface area contributed by atoms with E-state index in [1.54, 1.807) is 39.0 Å². The highest BCUT2D eigenvalue weighted by Gasteiger charge is 2.47. The van der Waals surface area contributed by atoms with E-state index in [0.717, 1.165) is 0 Å². The highest BCUT2D eigenvalue weighted by atomic mass is 16.6. The zero-order chi connectivity index (χ0) is 21.5. The molecule has 2 aliphatic rings. The Morgan fingerprint density at radius 3 is 2.55 bits per heavy atom. The first-order chi connectivity index (χ1) is 13.5. The van der Waals surface area contributed by atoms with Crippen LogP contribution in [0.4, 0.5) is 5.69 Å². The molecule has 0 spiro atoms. The summed E-state index contributed by atoms with van der Waals surface area (Å²) >= 11 is 0. The number of hydrogen-bond acceptors (Lipinski definition) is 6. The molecule has 0 fully saturated rings. The molecule has 7 heteroatoms. The Kier molecular flexibility index (Phi) is 5.43. The molecule has 1 aliphatic carbocycles. The molecule has 3 rings (SSSR count). The highest BCUT2D eigenvalue weighted by Crippen LogP contribution is 2.49. The number of carbonyl (C=O) groups excluding carboxylic acids is 2. The Bertz CT molecular complexity index is 942. The van der Waals surface area contributed by atoms with E-state index in [-0.39, 0.29) is 23.0 Å². The van der Waals surface area contributed by atoms with Crippen LogP contribution in [0, 0.1) is 21.4 Å². The minimum absolute atomic E-state index is 0.112. The second-order valence-corrected chi connectivity index (χ2v) is 8.81. The second-order valence-electron chi connectivity index (χ2n) is 8.81. The number of nitro groups is 1. The number of Topliss-reactive ketones (excluding diaryl/α,β-unsaturated/α-hetero) is 1. The fourth-order valence-corrected chi connectivity index (χ4v) is 4.31. The Labute approximate surface area is 170 Å². The zero-order valence-corrected chi connectivity index (χ0v) is 17.4. The van der Waals surface area contributed by atoms with Crippen molar-refractivity contribution in [2.45, 2.75) is 59.5 Å². The molecule has 1 heterocycles. The van der Waals surface area contributed by atoms with E-state index in [1.807, 2.05) is 13.8 Å². The van der Waals surface area contributed by atoms with E-state index in [0.29, 0.717) is 35.4 Å². The van der Waals surface area contributed by atoms with Gasteiger partial charge in [0.15, 0.2) is 5.78 Å². The van der Waals surface area contributed by atoms with Gasteiger partial charge in [0, 0.05) is 41.0 Å². The predicted molar refractivity (Wildman–Crippen MR) is 109 cm³/mol. The Balaban J connectivity index is 2.24. The molecule has 1 aromatic carbocycles. The molecular formula is C22H26N2O5. The van der Waals surface area contributed by atoms with Gasteiger partial charge in [-0.05, 0) is 32.6 Å². The number of aliphatic imine (C=N–C) groups is 1. The molecule has 7 nitrogen and oxygen atoms in total. The Morgan fingerprint density at radius 2 is 1.93 bits per heavy atom. The molecule has 1 aliphatic heterocycles. The normalized spacial score (nSPS) is 23.5. The van der Waals surface area contributed by atoms with Crippen molar-refractivity contribution in [2.24, 2.45) is 16.3 Å². The number of ether oxygens (including phenoxy) is 1. The van der Waals surface area contributed by atoms with Crippen molar-refractivity contribution in [2.75, 3.05) is 0 Å². The molecule has 0 radical (unpaired) electrons. The SMILES string of the molecule is CC1=NC2=C(C(=O)CC(C)(C)C2)[C@@H](c2ccccc2[N+](=O)[O-])C1C(=O)OC(C)C. The number of benzene rings is 1. The standard InChI is InChI=1S/C22H26N2O5/c1-12(2)29-21(26)18-13(3)23-15-10-22(4,5)11-17(25)20(15)19(18)14-8-6-7-9-16(14)24(27)28/h6-9,12,18-19H,10-11H2,1-5H3/t18?,19-/m0/s1. The van der Waals surface area contributed by atoms with Crippen molar-refractivity contribution < 1.29 is 19.2 Å². The average molecular weight is 398 g/mol. The van der Waals surface area contributed by atoms with Gasteiger partial charge in [0.2, 0.25) is 0 Å². The largest absolute Gasteiger partial charge is 0.462 e. The number of carbonyl (C=O) groups is 2. The number of allylic oxidation sites excluding steroid dienone is 2. The van der Waals surface area contributed by atoms with Gasteiger partial charge >= 0.3 is 5.97 Å². The van der Waals surface area contributed by atoms with Gasteiger partial charge in [0.1, 0.15) is 5.92 Å². The fraction of sp³-hybridized carbons (Fsp3) is 0.500. The lowest BCUT2D eigenvalue weighted by atomic mass is 9.66. The third-order valence-corrected chi connectivity index (χ3v) is 5.38. The lowest BCUT2D eigenvalue weighted by Gasteiger charge is -2.38. The van der Waals surface area contributed by atoms with Gasteiger partial charge in [-0.25, -0.2) is 0 Å². The molecule has 0 saturated carbocycles. The van der Waals surface area contributed by atoms with Crippen LogP contribution in [0.3, 0.4) is 0 Å². The third kappa shape index (κ3) is 3.99. The minimum Gasteiger partial charge on any atom is -0.462 e. The first-order valence-corrected chi connectivity index (χ1v) is 9.77. The molecular weight excluding hydrogens is 372 g/mol. The monoisotopic (exact) mass is 398 g/mol. The molecule has 2 atom stereocenters. The van der Waals surface area contributed by atoms with Crippen LogP contribution >= 0.6 is 0 Å². The van der Waals surface area contributed by atoms with Crippen LogP contribution < -0.4 is 0 Å². The van der Waals surface area contributed by atoms with E-state index >= 15 is 0 Å². The van der Waals surface area contributed by atoms with Crippen LogP contribution in [0.15, 0.2) is 40.5 Å². The number of ketones is 1. The molecule has 154 valence electrons. The zero-order valence-electron chi connectivity index (χ0n) is 17.4. The van der Waals surface area contributed by atoms with E-state index in [2.05, 4.69) is 4.99 Å². The maximum Gasteiger partial charge on any atom is 0.315 e. The minimum atomic E-state index is -0.873. The summed E-state index contributed by atoms with van der Waals surface area (Å²) in [5.41, 5.74) is 1.54. The average Bonchev–Trinajstić information content (AvgIpc) is 2.58. The maximum atomic E-state index is 13.2. The summed E-state index contributed by atoms with van der Waals surface area (Å²) in [6.45, 7) is 9.21. The Hall–Kier alpha value is -2.83. The molecule has 0 amide bonds. The summed E-state index contributed by atoms with van der Waals surface area (Å²) in [5, 5.41) is 11.7. The topological polar surface area (TPSA) is 98.9 Å². The van der Waals surface area contributed by atoms with Gasteiger partial charge in [-0.15, -0.1) is 0 Å². The van der Waals surface area contributed by atoms with Crippen molar-refractivity contribution in [3.63, 3.8) is 0 Å². The van der Waals surface area contributed by atoms with Gasteiger partial charge in [0.25, 0.3) is 5.69 Å². The molecule has 1 aromatic rings. The summed E-state index contributed by atoms with van der Waals surface area (Å²) in [5.74, 6) is -2.28. The maximum absolute atomic E-state index is 13.2. The number of nitrogens with zero attached hydrogens (tertiary/aromatic N) is 2. The molecule has 0 N–H and O–H groups in total. The summed E-state index contributed by atoms with van der Waals surface area (Å²) in [6.07, 6.45) is 0.538. The van der Waals surface area contributed by atoms with E-state index in [9.17, 15) is 19.7 Å². The van der Waals surface area contributed by atoms with Gasteiger partial charge < -0.3 is 4.74 Å².